The molecule has 1 aliphatic rings. The summed E-state index contributed by atoms with van der Waals surface area (Å²) in [5, 5.41) is 2.02. The molecule has 0 saturated carbocycles. The van der Waals surface area contributed by atoms with Gasteiger partial charge in [-0.3, -0.25) is 20.0 Å². The van der Waals surface area contributed by atoms with E-state index in [1.54, 1.807) is 25.3 Å². The maximum Gasteiger partial charge on any atom is 0.285 e. The molecule has 1 aliphatic heterocycles. The number of amides is 2. The summed E-state index contributed by atoms with van der Waals surface area (Å²) < 4.78 is 5.39. The highest BCUT2D eigenvalue weighted by Crippen LogP contribution is 2.32. The summed E-state index contributed by atoms with van der Waals surface area (Å²) in [6.07, 6.45) is 4.87. The molecule has 1 fully saturated rings. The molecule has 1 saturated heterocycles. The Morgan fingerprint density at radius 3 is 2.89 bits per heavy atom. The Hall–Kier alpha value is -2.97. The second kappa shape index (κ2) is 6.98. The molecule has 2 aromatic heterocycles. The SMILES string of the molecule is Cc1occc1C(=O)NN1C(=O)/C(=C/c2ccnc3ccccc23)SC1=S. The van der Waals surface area contributed by atoms with Gasteiger partial charge in [0, 0.05) is 11.6 Å². The third-order valence-electron chi connectivity index (χ3n) is 4.08. The summed E-state index contributed by atoms with van der Waals surface area (Å²) in [6.45, 7) is 1.67. The van der Waals surface area contributed by atoms with Crippen molar-refractivity contribution in [3.8, 4) is 0 Å². The molecule has 0 atom stereocenters. The minimum atomic E-state index is -0.451. The molecule has 4 rings (SSSR count). The standard InChI is InChI=1S/C19H13N3O3S2/c1-11-13(7-9-25-11)17(23)21-22-18(24)16(27-19(22)26)10-12-6-8-20-15-5-3-2-4-14(12)15/h2-10H,1H3,(H,21,23)/b16-10-. The van der Waals surface area contributed by atoms with Crippen molar-refractivity contribution in [2.45, 2.75) is 6.92 Å². The number of aryl methyl sites for hydroxylation is 1. The van der Waals surface area contributed by atoms with Crippen LogP contribution in [0.5, 0.6) is 0 Å². The smallest absolute Gasteiger partial charge is 0.285 e. The highest BCUT2D eigenvalue weighted by Gasteiger charge is 2.34. The van der Waals surface area contributed by atoms with Crippen molar-refractivity contribution in [2.75, 3.05) is 0 Å². The Morgan fingerprint density at radius 2 is 2.11 bits per heavy atom. The van der Waals surface area contributed by atoms with Crippen molar-refractivity contribution in [1.82, 2.24) is 15.4 Å². The number of furan rings is 1. The molecule has 3 aromatic rings. The third-order valence-corrected chi connectivity index (χ3v) is 5.38. The molecule has 0 unspecified atom stereocenters. The molecule has 27 heavy (non-hydrogen) atoms. The molecule has 1 N–H and O–H groups in total. The second-order valence-corrected chi connectivity index (χ2v) is 7.44. The predicted molar refractivity (Wildman–Crippen MR) is 108 cm³/mol. The number of benzene rings is 1. The van der Waals surface area contributed by atoms with E-state index in [1.807, 2.05) is 30.3 Å². The van der Waals surface area contributed by atoms with Gasteiger partial charge in [0.1, 0.15) is 5.76 Å². The topological polar surface area (TPSA) is 75.4 Å². The number of aromatic nitrogens is 1. The van der Waals surface area contributed by atoms with Crippen LogP contribution in [0, 0.1) is 6.92 Å². The molecule has 0 spiro atoms. The number of pyridine rings is 1. The monoisotopic (exact) mass is 395 g/mol. The fourth-order valence-electron chi connectivity index (χ4n) is 2.73. The van der Waals surface area contributed by atoms with Gasteiger partial charge in [-0.2, -0.15) is 5.01 Å². The quantitative estimate of drug-likeness (QED) is 0.539. The largest absolute Gasteiger partial charge is 0.469 e. The maximum absolute atomic E-state index is 12.7. The van der Waals surface area contributed by atoms with Crippen LogP contribution < -0.4 is 5.43 Å². The number of carbonyl (C=O) groups is 2. The summed E-state index contributed by atoms with van der Waals surface area (Å²) in [7, 11) is 0. The maximum atomic E-state index is 12.7. The van der Waals surface area contributed by atoms with Crippen LogP contribution in [0.4, 0.5) is 0 Å². The van der Waals surface area contributed by atoms with Gasteiger partial charge in [-0.25, -0.2) is 0 Å². The summed E-state index contributed by atoms with van der Waals surface area (Å²) in [4.78, 5) is 29.8. The zero-order valence-electron chi connectivity index (χ0n) is 14.1. The van der Waals surface area contributed by atoms with Gasteiger partial charge in [0.2, 0.25) is 0 Å². The number of carbonyl (C=O) groups excluding carboxylic acids is 2. The van der Waals surface area contributed by atoms with Gasteiger partial charge in [0.15, 0.2) is 4.32 Å². The zero-order valence-corrected chi connectivity index (χ0v) is 15.8. The first kappa shape index (κ1) is 17.4. The van der Waals surface area contributed by atoms with E-state index >= 15 is 0 Å². The number of fused-ring (bicyclic) bond motifs is 1. The first-order valence-corrected chi connectivity index (χ1v) is 9.24. The van der Waals surface area contributed by atoms with E-state index in [9.17, 15) is 9.59 Å². The van der Waals surface area contributed by atoms with Gasteiger partial charge < -0.3 is 4.42 Å². The minimum absolute atomic E-state index is 0.263. The van der Waals surface area contributed by atoms with Gasteiger partial charge in [0.05, 0.1) is 22.2 Å². The highest BCUT2D eigenvalue weighted by atomic mass is 32.2. The highest BCUT2D eigenvalue weighted by molar-refractivity contribution is 8.26. The van der Waals surface area contributed by atoms with Crippen LogP contribution >= 0.6 is 24.0 Å². The number of hydrogen-bond donors (Lipinski definition) is 1. The molecule has 3 heterocycles. The van der Waals surface area contributed by atoms with Crippen LogP contribution in [0.2, 0.25) is 0 Å². The van der Waals surface area contributed by atoms with E-state index in [4.69, 9.17) is 16.6 Å². The minimum Gasteiger partial charge on any atom is -0.469 e. The van der Waals surface area contributed by atoms with Crippen molar-refractivity contribution in [2.24, 2.45) is 0 Å². The Bertz CT molecular complexity index is 1110. The van der Waals surface area contributed by atoms with Crippen LogP contribution in [0.25, 0.3) is 17.0 Å². The Balaban J connectivity index is 1.62. The lowest BCUT2D eigenvalue weighted by atomic mass is 10.1. The Labute approximate surface area is 164 Å². The number of thioether (sulfide) groups is 1. The van der Waals surface area contributed by atoms with Crippen molar-refractivity contribution in [3.05, 3.63) is 70.7 Å². The van der Waals surface area contributed by atoms with Crippen molar-refractivity contribution < 1.29 is 14.0 Å². The number of thiocarbonyl (C=S) groups is 1. The van der Waals surface area contributed by atoms with Crippen LogP contribution in [0.3, 0.4) is 0 Å². The van der Waals surface area contributed by atoms with Crippen LogP contribution in [-0.2, 0) is 4.79 Å². The van der Waals surface area contributed by atoms with E-state index < -0.39 is 5.91 Å². The first-order chi connectivity index (χ1) is 13.0. The molecule has 0 aliphatic carbocycles. The molecule has 0 radical (unpaired) electrons. The van der Waals surface area contributed by atoms with Gasteiger partial charge in [0.25, 0.3) is 11.8 Å². The molecule has 1 aromatic carbocycles. The summed E-state index contributed by atoms with van der Waals surface area (Å²) in [6, 6.07) is 11.1. The summed E-state index contributed by atoms with van der Waals surface area (Å²) in [5.74, 6) is -0.356. The lowest BCUT2D eigenvalue weighted by Crippen LogP contribution is -2.44. The van der Waals surface area contributed by atoms with E-state index in [0.717, 1.165) is 33.2 Å². The van der Waals surface area contributed by atoms with Gasteiger partial charge in [-0.1, -0.05) is 30.0 Å². The van der Waals surface area contributed by atoms with Crippen LogP contribution in [0.15, 0.2) is 58.2 Å². The van der Waals surface area contributed by atoms with Gasteiger partial charge in [-0.05, 0) is 49.0 Å². The van der Waals surface area contributed by atoms with Crippen molar-refractivity contribution in [3.63, 3.8) is 0 Å². The van der Waals surface area contributed by atoms with Crippen molar-refractivity contribution in [1.29, 1.82) is 0 Å². The van der Waals surface area contributed by atoms with E-state index in [2.05, 4.69) is 10.4 Å². The van der Waals surface area contributed by atoms with E-state index in [-0.39, 0.29) is 10.2 Å². The van der Waals surface area contributed by atoms with Crippen LogP contribution in [0.1, 0.15) is 21.7 Å². The fraction of sp³-hybridized carbons (Fsp3) is 0.0526. The molecule has 2 amide bonds. The number of hydrogen-bond acceptors (Lipinski definition) is 6. The normalized spacial score (nSPS) is 15.7. The number of nitrogens with zero attached hydrogens (tertiary/aromatic N) is 2. The van der Waals surface area contributed by atoms with Gasteiger partial charge in [-0.15, -0.1) is 0 Å². The number of rotatable bonds is 3. The average molecular weight is 395 g/mol. The molecular formula is C19H13N3O3S2. The molecule has 0 bridgehead atoms. The Morgan fingerprint density at radius 1 is 1.30 bits per heavy atom. The molecule has 134 valence electrons. The Kier molecular flexibility index (Phi) is 4.51. The molecule has 6 nitrogen and oxygen atoms in total. The first-order valence-electron chi connectivity index (χ1n) is 8.01. The predicted octanol–water partition coefficient (Wildman–Crippen LogP) is 3.68. The summed E-state index contributed by atoms with van der Waals surface area (Å²) in [5.41, 5.74) is 4.60. The van der Waals surface area contributed by atoms with Crippen LogP contribution in [-0.4, -0.2) is 26.1 Å². The lowest BCUT2D eigenvalue weighted by Gasteiger charge is -2.15. The number of hydrazine groups is 1. The fourth-order valence-corrected chi connectivity index (χ4v) is 3.90. The summed E-state index contributed by atoms with van der Waals surface area (Å²) >= 11 is 6.40. The third kappa shape index (κ3) is 3.24. The lowest BCUT2D eigenvalue weighted by molar-refractivity contribution is -0.123. The second-order valence-electron chi connectivity index (χ2n) is 5.77. The van der Waals surface area contributed by atoms with Crippen molar-refractivity contribution >= 4 is 57.1 Å². The molecule has 8 heteroatoms. The number of nitrogens with one attached hydrogen (secondary N) is 1. The zero-order chi connectivity index (χ0) is 19.0. The van der Waals surface area contributed by atoms with E-state index in [0.29, 0.717) is 16.2 Å². The van der Waals surface area contributed by atoms with E-state index in [1.165, 1.54) is 6.26 Å². The number of para-hydroxylation sites is 1. The molecular weight excluding hydrogens is 382 g/mol. The van der Waals surface area contributed by atoms with Gasteiger partial charge >= 0.3 is 0 Å². The average Bonchev–Trinajstić information content (AvgIpc) is 3.20.